The number of hydrogen-bond donors (Lipinski definition) is 2. The lowest BCUT2D eigenvalue weighted by Gasteiger charge is -2.16. The van der Waals surface area contributed by atoms with E-state index in [0.29, 0.717) is 0 Å². The highest BCUT2D eigenvalue weighted by Gasteiger charge is 2.10. The van der Waals surface area contributed by atoms with Crippen LogP contribution in [-0.2, 0) is 0 Å². The molecule has 0 saturated carbocycles. The first kappa shape index (κ1) is 13.6. The molecule has 1 unspecified atom stereocenters. The maximum Gasteiger partial charge on any atom is 0.251 e. The molecule has 0 aliphatic rings. The van der Waals surface area contributed by atoms with E-state index in [1.807, 2.05) is 31.3 Å². The van der Waals surface area contributed by atoms with Crippen LogP contribution >= 0.6 is 0 Å². The Kier molecular flexibility index (Phi) is 5.53. The summed E-state index contributed by atoms with van der Waals surface area (Å²) in [6, 6.07) is 7.81. The zero-order chi connectivity index (χ0) is 12.7. The first-order valence-corrected chi connectivity index (χ1v) is 6.29. The van der Waals surface area contributed by atoms with Crippen LogP contribution in [0.25, 0.3) is 0 Å². The van der Waals surface area contributed by atoms with Gasteiger partial charge in [0.15, 0.2) is 0 Å². The van der Waals surface area contributed by atoms with E-state index >= 15 is 0 Å². The molecule has 0 aromatic heterocycles. The zero-order valence-electron chi connectivity index (χ0n) is 10.9. The summed E-state index contributed by atoms with van der Waals surface area (Å²) in [7, 11) is 1.86. The highest BCUT2D eigenvalue weighted by atomic mass is 16.1. The molecule has 17 heavy (non-hydrogen) atoms. The number of anilines is 1. The van der Waals surface area contributed by atoms with Crippen LogP contribution in [0.15, 0.2) is 24.3 Å². The lowest BCUT2D eigenvalue weighted by molar-refractivity contribution is 0.0934. The molecule has 3 nitrogen and oxygen atoms in total. The maximum absolute atomic E-state index is 12.0. The molecule has 0 aliphatic carbocycles. The first-order valence-electron chi connectivity index (χ1n) is 6.29. The van der Waals surface area contributed by atoms with Crippen LogP contribution in [0, 0.1) is 0 Å². The van der Waals surface area contributed by atoms with Crippen molar-refractivity contribution in [2.24, 2.45) is 0 Å². The Bertz CT molecular complexity index is 346. The van der Waals surface area contributed by atoms with Gasteiger partial charge in [-0.05, 0) is 37.1 Å². The van der Waals surface area contributed by atoms with Gasteiger partial charge in [-0.25, -0.2) is 0 Å². The standard InChI is InChI=1S/C14H22N2O/c1-4-6-12(5-2)16-14(17)11-7-9-13(15-3)10-8-11/h7-10,12,15H,4-6H2,1-3H3,(H,16,17). The van der Waals surface area contributed by atoms with Crippen LogP contribution < -0.4 is 10.6 Å². The predicted molar refractivity (Wildman–Crippen MR) is 72.4 cm³/mol. The second-order valence-electron chi connectivity index (χ2n) is 4.19. The van der Waals surface area contributed by atoms with Gasteiger partial charge in [0.05, 0.1) is 0 Å². The van der Waals surface area contributed by atoms with Crippen molar-refractivity contribution in [2.75, 3.05) is 12.4 Å². The number of hydrogen-bond acceptors (Lipinski definition) is 2. The van der Waals surface area contributed by atoms with Crippen molar-refractivity contribution >= 4 is 11.6 Å². The van der Waals surface area contributed by atoms with Crippen molar-refractivity contribution in [2.45, 2.75) is 39.2 Å². The number of amides is 1. The van der Waals surface area contributed by atoms with E-state index < -0.39 is 0 Å². The summed E-state index contributed by atoms with van der Waals surface area (Å²) < 4.78 is 0. The van der Waals surface area contributed by atoms with E-state index in [0.717, 1.165) is 30.5 Å². The summed E-state index contributed by atoms with van der Waals surface area (Å²) in [5.41, 5.74) is 1.74. The average Bonchev–Trinajstić information content (AvgIpc) is 2.38. The van der Waals surface area contributed by atoms with E-state index in [4.69, 9.17) is 0 Å². The molecular formula is C14H22N2O. The predicted octanol–water partition coefficient (Wildman–Crippen LogP) is 3.04. The minimum Gasteiger partial charge on any atom is -0.388 e. The number of rotatable bonds is 6. The van der Waals surface area contributed by atoms with Crippen molar-refractivity contribution < 1.29 is 4.79 Å². The lowest BCUT2D eigenvalue weighted by atomic mass is 10.1. The van der Waals surface area contributed by atoms with Gasteiger partial charge in [-0.2, -0.15) is 0 Å². The quantitative estimate of drug-likeness (QED) is 0.794. The monoisotopic (exact) mass is 234 g/mol. The van der Waals surface area contributed by atoms with Crippen LogP contribution in [0.4, 0.5) is 5.69 Å². The molecule has 1 amide bonds. The van der Waals surface area contributed by atoms with Gasteiger partial charge in [-0.15, -0.1) is 0 Å². The van der Waals surface area contributed by atoms with Gasteiger partial charge in [-0.1, -0.05) is 20.3 Å². The molecule has 3 heteroatoms. The molecule has 0 fully saturated rings. The van der Waals surface area contributed by atoms with Gasteiger partial charge < -0.3 is 10.6 Å². The fraction of sp³-hybridized carbons (Fsp3) is 0.500. The number of benzene rings is 1. The van der Waals surface area contributed by atoms with Crippen LogP contribution in [0.1, 0.15) is 43.5 Å². The molecule has 1 atom stereocenters. The highest BCUT2D eigenvalue weighted by molar-refractivity contribution is 5.94. The zero-order valence-corrected chi connectivity index (χ0v) is 10.9. The van der Waals surface area contributed by atoms with Gasteiger partial charge in [0.25, 0.3) is 5.91 Å². The van der Waals surface area contributed by atoms with Crippen molar-refractivity contribution in [3.63, 3.8) is 0 Å². The van der Waals surface area contributed by atoms with Crippen LogP contribution in [0.2, 0.25) is 0 Å². The van der Waals surface area contributed by atoms with Crippen molar-refractivity contribution in [3.8, 4) is 0 Å². The third-order valence-electron chi connectivity index (χ3n) is 2.90. The Balaban J connectivity index is 2.62. The van der Waals surface area contributed by atoms with Crippen molar-refractivity contribution in [1.29, 1.82) is 0 Å². The van der Waals surface area contributed by atoms with Gasteiger partial charge in [-0.3, -0.25) is 4.79 Å². The van der Waals surface area contributed by atoms with E-state index in [9.17, 15) is 4.79 Å². The van der Waals surface area contributed by atoms with Gasteiger partial charge in [0, 0.05) is 24.3 Å². The van der Waals surface area contributed by atoms with Crippen molar-refractivity contribution in [3.05, 3.63) is 29.8 Å². The van der Waals surface area contributed by atoms with Gasteiger partial charge >= 0.3 is 0 Å². The number of carbonyl (C=O) groups is 1. The van der Waals surface area contributed by atoms with Crippen LogP contribution in [0.3, 0.4) is 0 Å². The molecule has 94 valence electrons. The third-order valence-corrected chi connectivity index (χ3v) is 2.90. The molecule has 0 aliphatic heterocycles. The van der Waals surface area contributed by atoms with E-state index in [-0.39, 0.29) is 11.9 Å². The Morgan fingerprint density at radius 3 is 2.35 bits per heavy atom. The normalized spacial score (nSPS) is 11.9. The lowest BCUT2D eigenvalue weighted by Crippen LogP contribution is -2.34. The number of nitrogens with one attached hydrogen (secondary N) is 2. The summed E-state index contributed by atoms with van der Waals surface area (Å²) in [5.74, 6) is 0.0213. The fourth-order valence-corrected chi connectivity index (χ4v) is 1.78. The first-order chi connectivity index (χ1) is 8.21. The highest BCUT2D eigenvalue weighted by Crippen LogP contribution is 2.09. The minimum atomic E-state index is 0.0213. The fourth-order valence-electron chi connectivity index (χ4n) is 1.78. The van der Waals surface area contributed by atoms with E-state index in [2.05, 4.69) is 24.5 Å². The second kappa shape index (κ2) is 6.94. The molecule has 0 bridgehead atoms. The smallest absolute Gasteiger partial charge is 0.251 e. The minimum absolute atomic E-state index is 0.0213. The molecule has 0 spiro atoms. The molecule has 1 aromatic carbocycles. The second-order valence-corrected chi connectivity index (χ2v) is 4.19. The molecule has 0 saturated heterocycles. The third kappa shape index (κ3) is 4.10. The SMILES string of the molecule is CCCC(CC)NC(=O)c1ccc(NC)cc1. The van der Waals surface area contributed by atoms with Gasteiger partial charge in [0.1, 0.15) is 0 Å². The van der Waals surface area contributed by atoms with Gasteiger partial charge in [0.2, 0.25) is 0 Å². The van der Waals surface area contributed by atoms with Crippen molar-refractivity contribution in [1.82, 2.24) is 5.32 Å². The Morgan fingerprint density at radius 2 is 1.88 bits per heavy atom. The summed E-state index contributed by atoms with van der Waals surface area (Å²) >= 11 is 0. The molecule has 1 rings (SSSR count). The maximum atomic E-state index is 12.0. The van der Waals surface area contributed by atoms with Crippen LogP contribution in [-0.4, -0.2) is 19.0 Å². The summed E-state index contributed by atoms with van der Waals surface area (Å²) in [5, 5.41) is 6.10. The number of carbonyl (C=O) groups excluding carboxylic acids is 1. The van der Waals surface area contributed by atoms with Crippen LogP contribution in [0.5, 0.6) is 0 Å². The largest absolute Gasteiger partial charge is 0.388 e. The summed E-state index contributed by atoms with van der Waals surface area (Å²) in [6.45, 7) is 4.24. The summed E-state index contributed by atoms with van der Waals surface area (Å²) in [4.78, 5) is 12.0. The molecule has 0 heterocycles. The van der Waals surface area contributed by atoms with E-state index in [1.54, 1.807) is 0 Å². The molecular weight excluding hydrogens is 212 g/mol. The summed E-state index contributed by atoms with van der Waals surface area (Å²) in [6.07, 6.45) is 3.11. The Hall–Kier alpha value is -1.51. The molecule has 0 radical (unpaired) electrons. The van der Waals surface area contributed by atoms with E-state index in [1.165, 1.54) is 0 Å². The Morgan fingerprint density at radius 1 is 1.24 bits per heavy atom. The Labute approximate surface area is 104 Å². The topological polar surface area (TPSA) is 41.1 Å². The average molecular weight is 234 g/mol. The molecule has 1 aromatic rings. The molecule has 2 N–H and O–H groups in total.